The van der Waals surface area contributed by atoms with Gasteiger partial charge in [-0.1, -0.05) is 24.3 Å². The number of hydrogen-bond donors (Lipinski definition) is 0. The van der Waals surface area contributed by atoms with Gasteiger partial charge in [-0.2, -0.15) is 0 Å². The zero-order valence-corrected chi connectivity index (χ0v) is 18.0. The van der Waals surface area contributed by atoms with E-state index in [9.17, 15) is 13.2 Å². The molecule has 150 valence electrons. The molecule has 1 aromatic heterocycles. The molecule has 1 aliphatic heterocycles. The van der Waals surface area contributed by atoms with Crippen molar-refractivity contribution in [3.8, 4) is 10.4 Å². The number of carbonyl (C=O) groups is 1. The van der Waals surface area contributed by atoms with E-state index in [0.29, 0.717) is 25.9 Å². The highest BCUT2D eigenvalue weighted by Crippen LogP contribution is 2.40. The molecule has 0 spiro atoms. The average molecular weight is 419 g/mol. The maximum Gasteiger partial charge on any atom is 0.263 e. The Labute approximate surface area is 171 Å². The van der Waals surface area contributed by atoms with Crippen LogP contribution < -0.4 is 0 Å². The van der Waals surface area contributed by atoms with Crippen molar-refractivity contribution in [2.75, 3.05) is 25.9 Å². The fourth-order valence-electron chi connectivity index (χ4n) is 4.20. The highest BCUT2D eigenvalue weighted by Gasteiger charge is 2.31. The monoisotopic (exact) mass is 418 g/mol. The first kappa shape index (κ1) is 19.6. The van der Waals surface area contributed by atoms with Crippen molar-refractivity contribution in [1.82, 2.24) is 9.21 Å². The molecule has 2 heterocycles. The Morgan fingerprint density at radius 3 is 2.57 bits per heavy atom. The van der Waals surface area contributed by atoms with Gasteiger partial charge >= 0.3 is 0 Å². The maximum atomic E-state index is 13.1. The molecule has 4 rings (SSSR count). The topological polar surface area (TPSA) is 57.7 Å². The van der Waals surface area contributed by atoms with Crippen molar-refractivity contribution in [1.29, 1.82) is 0 Å². The first-order chi connectivity index (χ1) is 13.4. The summed E-state index contributed by atoms with van der Waals surface area (Å²) in [5.74, 6) is 0.196. The summed E-state index contributed by atoms with van der Waals surface area (Å²) in [7, 11) is -1.53. The molecule has 5 nitrogen and oxygen atoms in total. The largest absolute Gasteiger partial charge is 0.338 e. The summed E-state index contributed by atoms with van der Waals surface area (Å²) >= 11 is 1.60. The number of nitrogens with zero attached hydrogens (tertiary/aromatic N) is 2. The zero-order chi connectivity index (χ0) is 19.9. The SMILES string of the molecule is CCS(=O)(=O)N(C)C1CCN(C(=O)c2cc3c(s2)-c2ccccc2CC3)CC1. The third-order valence-corrected chi connectivity index (χ3v) is 9.12. The van der Waals surface area contributed by atoms with Crippen molar-refractivity contribution >= 4 is 27.3 Å². The zero-order valence-electron chi connectivity index (χ0n) is 16.3. The van der Waals surface area contributed by atoms with Gasteiger partial charge in [-0.25, -0.2) is 12.7 Å². The lowest BCUT2D eigenvalue weighted by molar-refractivity contribution is 0.0691. The summed E-state index contributed by atoms with van der Waals surface area (Å²) in [6.07, 6.45) is 3.39. The summed E-state index contributed by atoms with van der Waals surface area (Å²) in [4.78, 5) is 17.0. The molecule has 1 aromatic carbocycles. The number of piperidine rings is 1. The van der Waals surface area contributed by atoms with Crippen molar-refractivity contribution in [2.24, 2.45) is 0 Å². The minimum Gasteiger partial charge on any atom is -0.338 e. The fraction of sp³-hybridized carbons (Fsp3) is 0.476. The molecule has 2 aromatic rings. The van der Waals surface area contributed by atoms with E-state index in [1.165, 1.54) is 25.9 Å². The second kappa shape index (κ2) is 7.61. The molecule has 28 heavy (non-hydrogen) atoms. The quantitative estimate of drug-likeness (QED) is 0.765. The number of benzene rings is 1. The van der Waals surface area contributed by atoms with E-state index in [0.717, 1.165) is 17.7 Å². The van der Waals surface area contributed by atoms with Crippen LogP contribution in [0.2, 0.25) is 0 Å². The van der Waals surface area contributed by atoms with Gasteiger partial charge in [-0.15, -0.1) is 11.3 Å². The van der Waals surface area contributed by atoms with Crippen LogP contribution in [0.4, 0.5) is 0 Å². The molecule has 0 unspecified atom stereocenters. The predicted molar refractivity (Wildman–Crippen MR) is 113 cm³/mol. The van der Waals surface area contributed by atoms with Gasteiger partial charge in [0.1, 0.15) is 0 Å². The van der Waals surface area contributed by atoms with Crippen LogP contribution in [0.1, 0.15) is 40.6 Å². The summed E-state index contributed by atoms with van der Waals surface area (Å²) in [5.41, 5.74) is 3.89. The van der Waals surface area contributed by atoms with Gasteiger partial charge in [0.15, 0.2) is 0 Å². The molecule has 1 amide bonds. The maximum absolute atomic E-state index is 13.1. The summed E-state index contributed by atoms with van der Waals surface area (Å²) < 4.78 is 25.7. The first-order valence-corrected chi connectivity index (χ1v) is 12.3. The number of thiophene rings is 1. The highest BCUT2D eigenvalue weighted by molar-refractivity contribution is 7.89. The molecule has 0 radical (unpaired) electrons. The minimum atomic E-state index is -3.19. The lowest BCUT2D eigenvalue weighted by Crippen LogP contribution is -2.47. The van der Waals surface area contributed by atoms with Crippen molar-refractivity contribution in [3.05, 3.63) is 46.3 Å². The Bertz CT molecular complexity index is 989. The predicted octanol–water partition coefficient (Wildman–Crippen LogP) is 3.40. The molecule has 7 heteroatoms. The molecule has 1 fully saturated rings. The Morgan fingerprint density at radius 1 is 1.18 bits per heavy atom. The van der Waals surface area contributed by atoms with Gasteiger partial charge in [0, 0.05) is 31.1 Å². The molecule has 0 atom stereocenters. The molecule has 2 aliphatic rings. The Hall–Kier alpha value is -1.70. The van der Waals surface area contributed by atoms with Crippen LogP contribution in [-0.4, -0.2) is 55.5 Å². The molecule has 1 aliphatic carbocycles. The van der Waals surface area contributed by atoms with Crippen LogP contribution in [0.5, 0.6) is 0 Å². The number of carbonyl (C=O) groups excluding carboxylic acids is 1. The molecule has 0 saturated carbocycles. The highest BCUT2D eigenvalue weighted by atomic mass is 32.2. The van der Waals surface area contributed by atoms with Gasteiger partial charge in [0.05, 0.1) is 10.6 Å². The van der Waals surface area contributed by atoms with Crippen LogP contribution >= 0.6 is 11.3 Å². The van der Waals surface area contributed by atoms with E-state index < -0.39 is 10.0 Å². The van der Waals surface area contributed by atoms with Crippen LogP contribution in [-0.2, 0) is 22.9 Å². The van der Waals surface area contributed by atoms with E-state index in [1.54, 1.807) is 25.3 Å². The van der Waals surface area contributed by atoms with Gasteiger partial charge in [0.25, 0.3) is 5.91 Å². The van der Waals surface area contributed by atoms with E-state index >= 15 is 0 Å². The Kier molecular flexibility index (Phi) is 5.33. The van der Waals surface area contributed by atoms with Crippen LogP contribution in [0.15, 0.2) is 30.3 Å². The Morgan fingerprint density at radius 2 is 1.86 bits per heavy atom. The van der Waals surface area contributed by atoms with Crippen molar-refractivity contribution in [2.45, 2.75) is 38.6 Å². The molecular weight excluding hydrogens is 392 g/mol. The number of hydrogen-bond acceptors (Lipinski definition) is 4. The van der Waals surface area contributed by atoms with Crippen molar-refractivity contribution in [3.63, 3.8) is 0 Å². The second-order valence-electron chi connectivity index (χ2n) is 7.56. The lowest BCUT2D eigenvalue weighted by atomic mass is 9.91. The van der Waals surface area contributed by atoms with Gasteiger partial charge < -0.3 is 4.90 Å². The molecule has 1 saturated heterocycles. The van der Waals surface area contributed by atoms with Gasteiger partial charge in [-0.3, -0.25) is 4.79 Å². The number of amides is 1. The fourth-order valence-corrected chi connectivity index (χ4v) is 6.51. The number of fused-ring (bicyclic) bond motifs is 3. The van der Waals surface area contributed by atoms with E-state index in [1.807, 2.05) is 4.90 Å². The van der Waals surface area contributed by atoms with Crippen LogP contribution in [0.25, 0.3) is 10.4 Å². The van der Waals surface area contributed by atoms with Crippen LogP contribution in [0.3, 0.4) is 0 Å². The summed E-state index contributed by atoms with van der Waals surface area (Å²) in [6, 6.07) is 10.5. The van der Waals surface area contributed by atoms with Crippen molar-refractivity contribution < 1.29 is 13.2 Å². The van der Waals surface area contributed by atoms with Gasteiger partial charge in [0.2, 0.25) is 10.0 Å². The molecular formula is C21H26N2O3S2. The van der Waals surface area contributed by atoms with E-state index in [-0.39, 0.29) is 17.7 Å². The smallest absolute Gasteiger partial charge is 0.263 e. The first-order valence-electron chi connectivity index (χ1n) is 9.86. The molecule has 0 N–H and O–H groups in total. The third-order valence-electron chi connectivity index (χ3n) is 6.01. The molecule has 0 bridgehead atoms. The second-order valence-corrected chi connectivity index (χ2v) is 10.9. The number of likely N-dealkylation sites (tertiary alicyclic amines) is 1. The van der Waals surface area contributed by atoms with Gasteiger partial charge in [-0.05, 0) is 55.4 Å². The summed E-state index contributed by atoms with van der Waals surface area (Å²) in [6.45, 7) is 2.87. The van der Waals surface area contributed by atoms with E-state index in [4.69, 9.17) is 0 Å². The average Bonchev–Trinajstić information content (AvgIpc) is 3.17. The van der Waals surface area contributed by atoms with Crippen LogP contribution in [0, 0.1) is 0 Å². The lowest BCUT2D eigenvalue weighted by Gasteiger charge is -2.35. The number of aryl methyl sites for hydroxylation is 2. The summed E-state index contributed by atoms with van der Waals surface area (Å²) in [5, 5.41) is 0. The van der Waals surface area contributed by atoms with E-state index in [2.05, 4.69) is 30.3 Å². The third kappa shape index (κ3) is 3.51. The Balaban J connectivity index is 1.47. The number of sulfonamides is 1. The number of rotatable bonds is 4. The minimum absolute atomic E-state index is 0.0163. The normalized spacial score (nSPS) is 17.5. The standard InChI is InChI=1S/C21H26N2O3S2/c1-3-28(25,26)22(2)17-10-12-23(13-11-17)21(24)19-14-16-9-8-15-6-4-5-7-18(15)20(16)27-19/h4-7,14,17H,3,8-13H2,1-2H3.